The number of halogens is 1. The minimum Gasteiger partial charge on any atom is -0.497 e. The second-order valence-electron chi connectivity index (χ2n) is 7.98. The average Bonchev–Trinajstić information content (AvgIpc) is 2.79. The minimum atomic E-state index is -0.259. The molecule has 1 aliphatic rings. The standard InChI is InChI=1S/C24H30FN3O3/c1-17-3-4-19(13-22(17)25)15-27-24(30)20-9-11-28(12-10-20)16-23(29)26-14-18-5-7-21(31-2)8-6-18/h3-8,13,20H,9-12,14-16H2,1-2H3,(H,26,29)(H,27,30). The van der Waals surface area contributed by atoms with Gasteiger partial charge >= 0.3 is 0 Å². The summed E-state index contributed by atoms with van der Waals surface area (Å²) in [7, 11) is 1.62. The van der Waals surface area contributed by atoms with E-state index in [0.717, 1.165) is 16.9 Å². The van der Waals surface area contributed by atoms with Crippen molar-refractivity contribution >= 4 is 11.8 Å². The number of aryl methyl sites for hydroxylation is 1. The van der Waals surface area contributed by atoms with Crippen molar-refractivity contribution in [1.29, 1.82) is 0 Å². The molecule has 1 saturated heterocycles. The molecule has 2 amide bonds. The number of methoxy groups -OCH3 is 1. The van der Waals surface area contributed by atoms with Crippen molar-refractivity contribution in [2.24, 2.45) is 5.92 Å². The van der Waals surface area contributed by atoms with Crippen LogP contribution < -0.4 is 15.4 Å². The van der Waals surface area contributed by atoms with Gasteiger partial charge in [0.1, 0.15) is 11.6 Å². The number of nitrogens with zero attached hydrogens (tertiary/aromatic N) is 1. The van der Waals surface area contributed by atoms with Crippen LogP contribution in [0.5, 0.6) is 5.75 Å². The Morgan fingerprint density at radius 3 is 2.32 bits per heavy atom. The Kier molecular flexibility index (Phi) is 8.00. The fraction of sp³-hybridized carbons (Fsp3) is 0.417. The van der Waals surface area contributed by atoms with E-state index in [9.17, 15) is 14.0 Å². The topological polar surface area (TPSA) is 70.7 Å². The number of rotatable bonds is 8. The molecule has 0 unspecified atom stereocenters. The number of carbonyl (C=O) groups is 2. The molecule has 0 radical (unpaired) electrons. The highest BCUT2D eigenvalue weighted by atomic mass is 19.1. The highest BCUT2D eigenvalue weighted by Crippen LogP contribution is 2.18. The van der Waals surface area contributed by atoms with Crippen molar-refractivity contribution in [3.8, 4) is 5.75 Å². The summed E-state index contributed by atoms with van der Waals surface area (Å²) >= 11 is 0. The van der Waals surface area contributed by atoms with Crippen LogP contribution in [0.15, 0.2) is 42.5 Å². The number of hydrogen-bond acceptors (Lipinski definition) is 4. The van der Waals surface area contributed by atoms with Gasteiger partial charge in [-0.15, -0.1) is 0 Å². The molecular weight excluding hydrogens is 397 g/mol. The van der Waals surface area contributed by atoms with Gasteiger partial charge in [-0.25, -0.2) is 4.39 Å². The first kappa shape index (κ1) is 22.7. The van der Waals surface area contributed by atoms with Crippen molar-refractivity contribution in [1.82, 2.24) is 15.5 Å². The van der Waals surface area contributed by atoms with Crippen LogP contribution in [0.2, 0.25) is 0 Å². The molecule has 166 valence electrons. The van der Waals surface area contributed by atoms with Gasteiger partial charge in [-0.3, -0.25) is 14.5 Å². The molecule has 0 bridgehead atoms. The summed E-state index contributed by atoms with van der Waals surface area (Å²) in [6, 6.07) is 12.6. The second kappa shape index (κ2) is 10.9. The summed E-state index contributed by atoms with van der Waals surface area (Å²) < 4.78 is 18.8. The predicted molar refractivity (Wildman–Crippen MR) is 117 cm³/mol. The van der Waals surface area contributed by atoms with Gasteiger partial charge in [0.25, 0.3) is 0 Å². The molecule has 6 nitrogen and oxygen atoms in total. The molecule has 7 heteroatoms. The number of carbonyl (C=O) groups excluding carboxylic acids is 2. The Bertz CT molecular complexity index is 893. The average molecular weight is 428 g/mol. The Morgan fingerprint density at radius 2 is 1.68 bits per heavy atom. The lowest BCUT2D eigenvalue weighted by Gasteiger charge is -2.30. The van der Waals surface area contributed by atoms with Crippen LogP contribution in [0, 0.1) is 18.7 Å². The second-order valence-corrected chi connectivity index (χ2v) is 7.98. The van der Waals surface area contributed by atoms with Gasteiger partial charge < -0.3 is 15.4 Å². The molecular formula is C24H30FN3O3. The normalized spacial score (nSPS) is 14.8. The number of piperidine rings is 1. The molecule has 0 spiro atoms. The highest BCUT2D eigenvalue weighted by Gasteiger charge is 2.25. The highest BCUT2D eigenvalue weighted by molar-refractivity contribution is 5.79. The van der Waals surface area contributed by atoms with Gasteiger partial charge in [0.15, 0.2) is 0 Å². The van der Waals surface area contributed by atoms with Gasteiger partial charge in [-0.1, -0.05) is 24.3 Å². The van der Waals surface area contributed by atoms with Gasteiger partial charge in [0, 0.05) is 19.0 Å². The zero-order valence-electron chi connectivity index (χ0n) is 18.1. The Hall–Kier alpha value is -2.93. The molecule has 1 heterocycles. The Labute approximate surface area is 182 Å². The van der Waals surface area contributed by atoms with Crippen LogP contribution in [0.25, 0.3) is 0 Å². The summed E-state index contributed by atoms with van der Waals surface area (Å²) in [5.74, 6) is 0.414. The third kappa shape index (κ3) is 6.79. The van der Waals surface area contributed by atoms with Gasteiger partial charge in [-0.2, -0.15) is 0 Å². The van der Waals surface area contributed by atoms with Crippen molar-refractivity contribution in [3.05, 3.63) is 65.0 Å². The van der Waals surface area contributed by atoms with E-state index in [-0.39, 0.29) is 23.5 Å². The number of hydrogen-bond donors (Lipinski definition) is 2. The maximum atomic E-state index is 13.6. The molecule has 2 aromatic carbocycles. The van der Waals surface area contributed by atoms with Crippen molar-refractivity contribution in [2.45, 2.75) is 32.9 Å². The van der Waals surface area contributed by atoms with E-state index in [1.807, 2.05) is 30.3 Å². The van der Waals surface area contributed by atoms with Crippen molar-refractivity contribution in [2.75, 3.05) is 26.7 Å². The fourth-order valence-corrected chi connectivity index (χ4v) is 3.64. The number of benzene rings is 2. The summed E-state index contributed by atoms with van der Waals surface area (Å²) in [4.78, 5) is 26.8. The van der Waals surface area contributed by atoms with E-state index in [1.54, 1.807) is 20.1 Å². The minimum absolute atomic E-state index is 0.00964. The molecule has 1 fully saturated rings. The SMILES string of the molecule is COc1ccc(CNC(=O)CN2CCC(C(=O)NCc3ccc(C)c(F)c3)CC2)cc1. The number of nitrogens with one attached hydrogen (secondary N) is 2. The molecule has 2 aromatic rings. The quantitative estimate of drug-likeness (QED) is 0.680. The zero-order valence-corrected chi connectivity index (χ0v) is 18.1. The maximum Gasteiger partial charge on any atom is 0.234 e. The van der Waals surface area contributed by atoms with Crippen LogP contribution in [-0.2, 0) is 22.7 Å². The van der Waals surface area contributed by atoms with Crippen molar-refractivity contribution in [3.63, 3.8) is 0 Å². The van der Waals surface area contributed by atoms with E-state index in [1.165, 1.54) is 6.07 Å². The van der Waals surface area contributed by atoms with Gasteiger partial charge in [0.05, 0.1) is 13.7 Å². The Morgan fingerprint density at radius 1 is 1.03 bits per heavy atom. The summed E-state index contributed by atoms with van der Waals surface area (Å²) in [6.07, 6.45) is 1.42. The lowest BCUT2D eigenvalue weighted by atomic mass is 9.95. The lowest BCUT2D eigenvalue weighted by Crippen LogP contribution is -2.44. The third-order valence-electron chi connectivity index (χ3n) is 5.68. The monoisotopic (exact) mass is 427 g/mol. The number of likely N-dealkylation sites (tertiary alicyclic amines) is 1. The third-order valence-corrected chi connectivity index (χ3v) is 5.68. The summed E-state index contributed by atoms with van der Waals surface area (Å²) in [5.41, 5.74) is 2.36. The van der Waals surface area contributed by atoms with E-state index in [4.69, 9.17) is 4.74 Å². The van der Waals surface area contributed by atoms with E-state index >= 15 is 0 Å². The molecule has 0 atom stereocenters. The van der Waals surface area contributed by atoms with Gasteiger partial charge in [-0.05, 0) is 67.7 Å². The summed E-state index contributed by atoms with van der Waals surface area (Å²) in [6.45, 7) is 4.24. The van der Waals surface area contributed by atoms with E-state index in [2.05, 4.69) is 15.5 Å². The molecule has 31 heavy (non-hydrogen) atoms. The van der Waals surface area contributed by atoms with E-state index < -0.39 is 0 Å². The molecule has 1 aliphatic heterocycles. The molecule has 3 rings (SSSR count). The fourth-order valence-electron chi connectivity index (χ4n) is 3.64. The molecule has 0 aliphatic carbocycles. The van der Waals surface area contributed by atoms with E-state index in [0.29, 0.717) is 51.1 Å². The smallest absolute Gasteiger partial charge is 0.234 e. The number of amides is 2. The molecule has 2 N–H and O–H groups in total. The molecule has 0 aromatic heterocycles. The van der Waals surface area contributed by atoms with Crippen LogP contribution in [-0.4, -0.2) is 43.5 Å². The zero-order chi connectivity index (χ0) is 22.2. The van der Waals surface area contributed by atoms with Gasteiger partial charge in [0.2, 0.25) is 11.8 Å². The molecule has 0 saturated carbocycles. The first-order valence-corrected chi connectivity index (χ1v) is 10.6. The van der Waals surface area contributed by atoms with Crippen LogP contribution in [0.1, 0.15) is 29.5 Å². The van der Waals surface area contributed by atoms with Crippen LogP contribution >= 0.6 is 0 Å². The van der Waals surface area contributed by atoms with Crippen LogP contribution in [0.3, 0.4) is 0 Å². The first-order valence-electron chi connectivity index (χ1n) is 10.6. The maximum absolute atomic E-state index is 13.6. The summed E-state index contributed by atoms with van der Waals surface area (Å²) in [5, 5.41) is 5.84. The predicted octanol–water partition coefficient (Wildman–Crippen LogP) is 2.79. The lowest BCUT2D eigenvalue weighted by molar-refractivity contribution is -0.127. The first-order chi connectivity index (χ1) is 14.9. The largest absolute Gasteiger partial charge is 0.497 e. The number of ether oxygens (including phenoxy) is 1. The van der Waals surface area contributed by atoms with Crippen LogP contribution in [0.4, 0.5) is 4.39 Å². The Balaban J connectivity index is 1.35. The van der Waals surface area contributed by atoms with Crippen molar-refractivity contribution < 1.29 is 18.7 Å².